The topological polar surface area (TPSA) is 30.5 Å². The minimum atomic E-state index is 0.132. The minimum absolute atomic E-state index is 0.132. The third kappa shape index (κ3) is 2.85. The van der Waals surface area contributed by atoms with Gasteiger partial charge in [-0.25, -0.2) is 0 Å². The fourth-order valence-electron chi connectivity index (χ4n) is 2.31. The first-order valence-electron chi connectivity index (χ1n) is 6.88. The SMILES string of the molecule is Cc1ccc(OCC2CC2)c(C2CNCCO2)c1. The Kier molecular flexibility index (Phi) is 3.52. The zero-order chi connectivity index (χ0) is 12.4. The van der Waals surface area contributed by atoms with Gasteiger partial charge in [-0.05, 0) is 37.8 Å². The van der Waals surface area contributed by atoms with E-state index >= 15 is 0 Å². The number of nitrogens with one attached hydrogen (secondary N) is 1. The molecule has 1 heterocycles. The molecule has 0 spiro atoms. The van der Waals surface area contributed by atoms with Gasteiger partial charge in [-0.15, -0.1) is 0 Å². The maximum absolute atomic E-state index is 5.96. The van der Waals surface area contributed by atoms with Gasteiger partial charge < -0.3 is 14.8 Å². The fourth-order valence-corrected chi connectivity index (χ4v) is 2.31. The largest absolute Gasteiger partial charge is 0.493 e. The Morgan fingerprint density at radius 3 is 3.00 bits per heavy atom. The summed E-state index contributed by atoms with van der Waals surface area (Å²) >= 11 is 0. The Morgan fingerprint density at radius 2 is 2.28 bits per heavy atom. The van der Waals surface area contributed by atoms with Crippen molar-refractivity contribution in [2.45, 2.75) is 25.9 Å². The van der Waals surface area contributed by atoms with Crippen molar-refractivity contribution in [2.75, 3.05) is 26.3 Å². The fraction of sp³-hybridized carbons (Fsp3) is 0.600. The van der Waals surface area contributed by atoms with E-state index in [2.05, 4.69) is 30.4 Å². The van der Waals surface area contributed by atoms with Gasteiger partial charge in [-0.2, -0.15) is 0 Å². The van der Waals surface area contributed by atoms with Crippen molar-refractivity contribution in [1.82, 2.24) is 5.32 Å². The van der Waals surface area contributed by atoms with Crippen LogP contribution in [0.1, 0.15) is 30.1 Å². The third-order valence-corrected chi connectivity index (χ3v) is 3.61. The summed E-state index contributed by atoms with van der Waals surface area (Å²) < 4.78 is 11.8. The van der Waals surface area contributed by atoms with E-state index in [1.165, 1.54) is 24.0 Å². The highest BCUT2D eigenvalue weighted by molar-refractivity contribution is 5.39. The van der Waals surface area contributed by atoms with E-state index in [1.54, 1.807) is 0 Å². The van der Waals surface area contributed by atoms with Crippen LogP contribution in [0, 0.1) is 12.8 Å². The van der Waals surface area contributed by atoms with Crippen LogP contribution < -0.4 is 10.1 Å². The van der Waals surface area contributed by atoms with E-state index in [1.807, 2.05) is 0 Å². The van der Waals surface area contributed by atoms with Gasteiger partial charge >= 0.3 is 0 Å². The van der Waals surface area contributed by atoms with E-state index in [4.69, 9.17) is 9.47 Å². The molecule has 1 atom stereocenters. The maximum Gasteiger partial charge on any atom is 0.125 e. The summed E-state index contributed by atoms with van der Waals surface area (Å²) in [6.45, 7) is 5.57. The van der Waals surface area contributed by atoms with Crippen molar-refractivity contribution in [2.24, 2.45) is 5.92 Å². The molecule has 3 nitrogen and oxygen atoms in total. The Bertz CT molecular complexity index is 409. The molecule has 1 aliphatic heterocycles. The molecule has 1 aromatic rings. The monoisotopic (exact) mass is 247 g/mol. The van der Waals surface area contributed by atoms with Crippen LogP contribution in [-0.4, -0.2) is 26.3 Å². The van der Waals surface area contributed by atoms with Gasteiger partial charge in [-0.1, -0.05) is 11.6 Å². The molecular weight excluding hydrogens is 226 g/mol. The zero-order valence-corrected chi connectivity index (χ0v) is 10.9. The van der Waals surface area contributed by atoms with Gasteiger partial charge in [0.25, 0.3) is 0 Å². The van der Waals surface area contributed by atoms with Gasteiger partial charge in [0.15, 0.2) is 0 Å². The Balaban J connectivity index is 1.77. The van der Waals surface area contributed by atoms with Crippen molar-refractivity contribution >= 4 is 0 Å². The van der Waals surface area contributed by atoms with Crippen LogP contribution in [0.3, 0.4) is 0 Å². The molecule has 1 unspecified atom stereocenters. The summed E-state index contributed by atoms with van der Waals surface area (Å²) in [7, 11) is 0. The second-order valence-corrected chi connectivity index (χ2v) is 5.36. The molecule has 98 valence electrons. The lowest BCUT2D eigenvalue weighted by Crippen LogP contribution is -2.33. The number of hydrogen-bond donors (Lipinski definition) is 1. The predicted molar refractivity (Wildman–Crippen MR) is 71.0 cm³/mol. The molecule has 1 saturated heterocycles. The maximum atomic E-state index is 5.96. The van der Waals surface area contributed by atoms with Gasteiger partial charge in [-0.3, -0.25) is 0 Å². The first kappa shape index (κ1) is 12.0. The highest BCUT2D eigenvalue weighted by Gasteiger charge is 2.24. The first-order chi connectivity index (χ1) is 8.83. The van der Waals surface area contributed by atoms with Gasteiger partial charge in [0.1, 0.15) is 5.75 Å². The normalized spacial score (nSPS) is 23.9. The Hall–Kier alpha value is -1.06. The molecule has 1 aromatic carbocycles. The number of benzene rings is 1. The average molecular weight is 247 g/mol. The van der Waals surface area contributed by atoms with Crippen molar-refractivity contribution < 1.29 is 9.47 Å². The van der Waals surface area contributed by atoms with Crippen LogP contribution in [0.5, 0.6) is 5.75 Å². The molecule has 3 rings (SSSR count). The molecule has 1 saturated carbocycles. The molecule has 2 aliphatic rings. The molecule has 0 amide bonds. The summed E-state index contributed by atoms with van der Waals surface area (Å²) in [5, 5.41) is 3.38. The smallest absolute Gasteiger partial charge is 0.125 e. The van der Waals surface area contributed by atoms with Gasteiger partial charge in [0.05, 0.1) is 19.3 Å². The summed E-state index contributed by atoms with van der Waals surface area (Å²) in [4.78, 5) is 0. The number of rotatable bonds is 4. The van der Waals surface area contributed by atoms with Crippen LogP contribution in [0.15, 0.2) is 18.2 Å². The van der Waals surface area contributed by atoms with Crippen molar-refractivity contribution in [3.05, 3.63) is 29.3 Å². The zero-order valence-electron chi connectivity index (χ0n) is 10.9. The highest BCUT2D eigenvalue weighted by atomic mass is 16.5. The van der Waals surface area contributed by atoms with Crippen LogP contribution in [0.4, 0.5) is 0 Å². The van der Waals surface area contributed by atoms with E-state index in [-0.39, 0.29) is 6.10 Å². The second-order valence-electron chi connectivity index (χ2n) is 5.36. The lowest BCUT2D eigenvalue weighted by Gasteiger charge is -2.26. The standard InChI is InChI=1S/C15H21NO2/c1-11-2-5-14(18-10-12-3-4-12)13(8-11)15-9-16-6-7-17-15/h2,5,8,12,15-16H,3-4,6-7,9-10H2,1H3. The molecule has 1 aliphatic carbocycles. The summed E-state index contributed by atoms with van der Waals surface area (Å²) in [6, 6.07) is 6.40. The summed E-state index contributed by atoms with van der Waals surface area (Å²) in [5.41, 5.74) is 2.46. The lowest BCUT2D eigenvalue weighted by atomic mass is 10.0. The molecule has 18 heavy (non-hydrogen) atoms. The van der Waals surface area contributed by atoms with E-state index in [0.29, 0.717) is 0 Å². The molecule has 0 bridgehead atoms. The molecule has 1 N–H and O–H groups in total. The minimum Gasteiger partial charge on any atom is -0.493 e. The van der Waals surface area contributed by atoms with Crippen LogP contribution in [0.2, 0.25) is 0 Å². The van der Waals surface area contributed by atoms with E-state index in [0.717, 1.165) is 38.0 Å². The molecule has 2 fully saturated rings. The highest BCUT2D eigenvalue weighted by Crippen LogP contribution is 2.33. The number of hydrogen-bond acceptors (Lipinski definition) is 3. The molecule has 0 radical (unpaired) electrons. The summed E-state index contributed by atoms with van der Waals surface area (Å²) in [6.07, 6.45) is 2.78. The van der Waals surface area contributed by atoms with Crippen molar-refractivity contribution in [1.29, 1.82) is 0 Å². The molecular formula is C15H21NO2. The molecule has 3 heteroatoms. The van der Waals surface area contributed by atoms with Crippen molar-refractivity contribution in [3.8, 4) is 5.75 Å². The predicted octanol–water partition coefficient (Wildman–Crippen LogP) is 2.44. The average Bonchev–Trinajstić information content (AvgIpc) is 3.22. The van der Waals surface area contributed by atoms with E-state index in [9.17, 15) is 0 Å². The van der Waals surface area contributed by atoms with E-state index < -0.39 is 0 Å². The number of morpholine rings is 1. The van der Waals surface area contributed by atoms with Crippen LogP contribution >= 0.6 is 0 Å². The molecule has 0 aromatic heterocycles. The Morgan fingerprint density at radius 1 is 1.39 bits per heavy atom. The summed E-state index contributed by atoms with van der Waals surface area (Å²) in [5.74, 6) is 1.78. The quantitative estimate of drug-likeness (QED) is 0.886. The van der Waals surface area contributed by atoms with Gasteiger partial charge in [0.2, 0.25) is 0 Å². The number of ether oxygens (including phenoxy) is 2. The van der Waals surface area contributed by atoms with Crippen LogP contribution in [0.25, 0.3) is 0 Å². The lowest BCUT2D eigenvalue weighted by molar-refractivity contribution is 0.0258. The second kappa shape index (κ2) is 5.29. The third-order valence-electron chi connectivity index (χ3n) is 3.61. The van der Waals surface area contributed by atoms with Crippen molar-refractivity contribution in [3.63, 3.8) is 0 Å². The first-order valence-corrected chi connectivity index (χ1v) is 6.88. The van der Waals surface area contributed by atoms with Crippen LogP contribution in [-0.2, 0) is 4.74 Å². The van der Waals surface area contributed by atoms with Gasteiger partial charge in [0, 0.05) is 18.7 Å². The Labute approximate surface area is 108 Å². The number of aryl methyl sites for hydroxylation is 1.